The highest BCUT2D eigenvalue weighted by Crippen LogP contribution is 2.20. The van der Waals surface area contributed by atoms with Crippen molar-refractivity contribution in [2.45, 2.75) is 6.42 Å². The van der Waals surface area contributed by atoms with Crippen LogP contribution in [0, 0.1) is 11.8 Å². The first-order valence-electron chi connectivity index (χ1n) is 4.28. The monoisotopic (exact) mass is 185 g/mol. The highest BCUT2D eigenvalue weighted by molar-refractivity contribution is 5.80. The summed E-state index contributed by atoms with van der Waals surface area (Å²) in [6, 6.07) is 0. The molecule has 2 atom stereocenters. The van der Waals surface area contributed by atoms with Gasteiger partial charge in [-0.2, -0.15) is 0 Å². The summed E-state index contributed by atoms with van der Waals surface area (Å²) in [7, 11) is 1.85. The number of piperidine rings is 1. The first kappa shape index (κ1) is 9.98. The van der Waals surface area contributed by atoms with Crippen LogP contribution in [0.15, 0.2) is 0 Å². The summed E-state index contributed by atoms with van der Waals surface area (Å²) in [5.74, 6) is -1.18. The lowest BCUT2D eigenvalue weighted by Crippen LogP contribution is -2.46. The number of likely N-dealkylation sites (tertiary alicyclic amines) is 1. The maximum absolute atomic E-state index is 10.9. The second kappa shape index (κ2) is 3.74. The van der Waals surface area contributed by atoms with Crippen LogP contribution in [0.1, 0.15) is 6.42 Å². The Morgan fingerprint density at radius 3 is 1.85 bits per heavy atom. The van der Waals surface area contributed by atoms with Gasteiger partial charge in [-0.3, -0.25) is 9.59 Å². The van der Waals surface area contributed by atoms with Gasteiger partial charge in [0.25, 0.3) is 0 Å². The average Bonchev–Trinajstić information content (AvgIpc) is 2.03. The SMILES string of the molecule is CN1C[C@H](C(N)=O)C[C@H](C(N)=O)C1. The lowest BCUT2D eigenvalue weighted by atomic mass is 9.88. The van der Waals surface area contributed by atoms with Crippen LogP contribution in [0.5, 0.6) is 0 Å². The van der Waals surface area contributed by atoms with Crippen molar-refractivity contribution in [3.8, 4) is 0 Å². The largest absolute Gasteiger partial charge is 0.369 e. The highest BCUT2D eigenvalue weighted by atomic mass is 16.1. The molecular formula is C8H15N3O2. The van der Waals surface area contributed by atoms with E-state index in [1.807, 2.05) is 11.9 Å². The van der Waals surface area contributed by atoms with Crippen molar-refractivity contribution in [3.05, 3.63) is 0 Å². The number of hydrogen-bond donors (Lipinski definition) is 2. The predicted octanol–water partition coefficient (Wildman–Crippen LogP) is -1.48. The van der Waals surface area contributed by atoms with Crippen LogP contribution in [0.2, 0.25) is 0 Å². The van der Waals surface area contributed by atoms with E-state index < -0.39 is 0 Å². The standard InChI is InChI=1S/C8H15N3O2/c1-11-3-5(7(9)12)2-6(4-11)8(10)13/h5-6H,2-4H2,1H3,(H2,9,12)(H2,10,13)/t5-,6+. The van der Waals surface area contributed by atoms with E-state index >= 15 is 0 Å². The summed E-state index contributed by atoms with van der Waals surface area (Å²) in [6.45, 7) is 1.25. The third-order valence-electron chi connectivity index (χ3n) is 2.44. The average molecular weight is 185 g/mol. The molecule has 1 aliphatic rings. The van der Waals surface area contributed by atoms with Crippen LogP contribution in [0.25, 0.3) is 0 Å². The Kier molecular flexibility index (Phi) is 2.87. The minimum absolute atomic E-state index is 0.240. The number of primary amides is 2. The molecule has 1 fully saturated rings. The molecule has 13 heavy (non-hydrogen) atoms. The van der Waals surface area contributed by atoms with Gasteiger partial charge in [0, 0.05) is 13.1 Å². The van der Waals surface area contributed by atoms with Gasteiger partial charge in [-0.15, -0.1) is 0 Å². The second-order valence-corrected chi connectivity index (χ2v) is 3.66. The van der Waals surface area contributed by atoms with E-state index in [2.05, 4.69) is 0 Å². The van der Waals surface area contributed by atoms with Gasteiger partial charge in [0.05, 0.1) is 11.8 Å². The molecule has 5 heteroatoms. The molecule has 0 aliphatic carbocycles. The topological polar surface area (TPSA) is 89.4 Å². The Morgan fingerprint density at radius 2 is 1.54 bits per heavy atom. The van der Waals surface area contributed by atoms with Gasteiger partial charge in [-0.05, 0) is 13.5 Å². The molecule has 1 aliphatic heterocycles. The molecule has 74 valence electrons. The Labute approximate surface area is 77.1 Å². The first-order valence-corrected chi connectivity index (χ1v) is 4.28. The number of amides is 2. The molecule has 1 heterocycles. The van der Waals surface area contributed by atoms with Gasteiger partial charge < -0.3 is 16.4 Å². The highest BCUT2D eigenvalue weighted by Gasteiger charge is 2.31. The molecule has 0 aromatic rings. The number of nitrogens with two attached hydrogens (primary N) is 2. The summed E-state index contributed by atoms with van der Waals surface area (Å²) < 4.78 is 0. The third-order valence-corrected chi connectivity index (χ3v) is 2.44. The van der Waals surface area contributed by atoms with Crippen molar-refractivity contribution in [2.75, 3.05) is 20.1 Å². The van der Waals surface area contributed by atoms with Crippen LogP contribution >= 0.6 is 0 Å². The van der Waals surface area contributed by atoms with Gasteiger partial charge in [0.2, 0.25) is 11.8 Å². The van der Waals surface area contributed by atoms with Gasteiger partial charge >= 0.3 is 0 Å². The van der Waals surface area contributed by atoms with Crippen molar-refractivity contribution in [1.29, 1.82) is 0 Å². The molecule has 0 aromatic heterocycles. The Bertz CT molecular complexity index is 207. The van der Waals surface area contributed by atoms with E-state index in [0.717, 1.165) is 0 Å². The maximum Gasteiger partial charge on any atom is 0.221 e. The molecule has 0 aromatic carbocycles. The summed E-state index contributed by atoms with van der Waals surface area (Å²) in [5, 5.41) is 0. The first-order chi connectivity index (χ1) is 6.00. The summed E-state index contributed by atoms with van der Waals surface area (Å²) in [4.78, 5) is 23.7. The quantitative estimate of drug-likeness (QED) is 0.550. The van der Waals surface area contributed by atoms with Crippen molar-refractivity contribution >= 4 is 11.8 Å². The minimum atomic E-state index is -0.349. The molecule has 0 radical (unpaired) electrons. The Balaban J connectivity index is 2.62. The minimum Gasteiger partial charge on any atom is -0.369 e. The smallest absolute Gasteiger partial charge is 0.221 e. The maximum atomic E-state index is 10.9. The van der Waals surface area contributed by atoms with Crippen LogP contribution in [0.4, 0.5) is 0 Å². The molecule has 5 nitrogen and oxygen atoms in total. The van der Waals surface area contributed by atoms with Gasteiger partial charge in [-0.1, -0.05) is 0 Å². The van der Waals surface area contributed by atoms with E-state index in [-0.39, 0.29) is 23.7 Å². The fourth-order valence-corrected chi connectivity index (χ4v) is 1.73. The van der Waals surface area contributed by atoms with Crippen molar-refractivity contribution < 1.29 is 9.59 Å². The number of rotatable bonds is 2. The van der Waals surface area contributed by atoms with E-state index in [1.165, 1.54) is 0 Å². The number of carbonyl (C=O) groups excluding carboxylic acids is 2. The molecule has 0 bridgehead atoms. The van der Waals surface area contributed by atoms with E-state index in [1.54, 1.807) is 0 Å². The zero-order valence-corrected chi connectivity index (χ0v) is 7.69. The lowest BCUT2D eigenvalue weighted by Gasteiger charge is -2.32. The van der Waals surface area contributed by atoms with Gasteiger partial charge in [0.1, 0.15) is 0 Å². The fourth-order valence-electron chi connectivity index (χ4n) is 1.73. The normalized spacial score (nSPS) is 29.9. The zero-order chi connectivity index (χ0) is 10.0. The molecule has 1 saturated heterocycles. The van der Waals surface area contributed by atoms with Gasteiger partial charge in [-0.25, -0.2) is 0 Å². The second-order valence-electron chi connectivity index (χ2n) is 3.66. The molecule has 0 unspecified atom stereocenters. The number of hydrogen-bond acceptors (Lipinski definition) is 3. The summed E-state index contributed by atoms with van der Waals surface area (Å²) in [5.41, 5.74) is 10.3. The van der Waals surface area contributed by atoms with Gasteiger partial charge in [0.15, 0.2) is 0 Å². The zero-order valence-electron chi connectivity index (χ0n) is 7.69. The van der Waals surface area contributed by atoms with Crippen molar-refractivity contribution in [1.82, 2.24) is 4.90 Å². The van der Waals surface area contributed by atoms with E-state index in [0.29, 0.717) is 19.5 Å². The van der Waals surface area contributed by atoms with Crippen LogP contribution < -0.4 is 11.5 Å². The number of carbonyl (C=O) groups is 2. The Hall–Kier alpha value is -1.10. The molecule has 4 N–H and O–H groups in total. The molecular weight excluding hydrogens is 170 g/mol. The van der Waals surface area contributed by atoms with Crippen LogP contribution in [-0.2, 0) is 9.59 Å². The van der Waals surface area contributed by atoms with Crippen LogP contribution in [-0.4, -0.2) is 36.9 Å². The van der Waals surface area contributed by atoms with Crippen LogP contribution in [0.3, 0.4) is 0 Å². The molecule has 2 amide bonds. The Morgan fingerprint density at radius 1 is 1.15 bits per heavy atom. The third kappa shape index (κ3) is 2.42. The predicted molar refractivity (Wildman–Crippen MR) is 47.5 cm³/mol. The molecule has 0 spiro atoms. The van der Waals surface area contributed by atoms with Crippen molar-refractivity contribution in [3.63, 3.8) is 0 Å². The molecule has 1 rings (SSSR count). The van der Waals surface area contributed by atoms with Crippen molar-refractivity contribution in [2.24, 2.45) is 23.3 Å². The van der Waals surface area contributed by atoms with E-state index in [4.69, 9.17) is 11.5 Å². The molecule has 0 saturated carbocycles. The fraction of sp³-hybridized carbons (Fsp3) is 0.750. The lowest BCUT2D eigenvalue weighted by molar-refractivity contribution is -0.128. The summed E-state index contributed by atoms with van der Waals surface area (Å²) in [6.07, 6.45) is 0.495. The van der Waals surface area contributed by atoms with E-state index in [9.17, 15) is 9.59 Å². The summed E-state index contributed by atoms with van der Waals surface area (Å²) >= 11 is 0. The number of nitrogens with zero attached hydrogens (tertiary/aromatic N) is 1.